The Morgan fingerprint density at radius 1 is 1.07 bits per heavy atom. The predicted octanol–water partition coefficient (Wildman–Crippen LogP) is 3.14. The van der Waals surface area contributed by atoms with Crippen LogP contribution in [0.1, 0.15) is 22.8 Å². The van der Waals surface area contributed by atoms with Gasteiger partial charge in [0.05, 0.1) is 12.2 Å². The van der Waals surface area contributed by atoms with Crippen molar-refractivity contribution in [1.29, 1.82) is 0 Å². The van der Waals surface area contributed by atoms with Crippen LogP contribution < -0.4 is 5.63 Å². The Bertz CT molecular complexity index is 1250. The SMILES string of the molecule is O=C(c1cc2ccccc2oc1=O)N1CC[C@@H](n2cc(-c3ccccc3)nn2)C1. The van der Waals surface area contributed by atoms with E-state index in [1.54, 1.807) is 27.8 Å². The van der Waals surface area contributed by atoms with Crippen LogP contribution >= 0.6 is 0 Å². The minimum absolute atomic E-state index is 0.0245. The highest BCUT2D eigenvalue weighted by Gasteiger charge is 2.30. The first-order valence-electron chi connectivity index (χ1n) is 9.48. The summed E-state index contributed by atoms with van der Waals surface area (Å²) < 4.78 is 7.11. The number of carbonyl (C=O) groups is 1. The maximum Gasteiger partial charge on any atom is 0.349 e. The molecule has 1 saturated heterocycles. The van der Waals surface area contributed by atoms with Gasteiger partial charge in [-0.25, -0.2) is 9.48 Å². The number of hydrogen-bond acceptors (Lipinski definition) is 5. The first kappa shape index (κ1) is 17.4. The van der Waals surface area contributed by atoms with Crippen molar-refractivity contribution in [3.05, 3.63) is 82.8 Å². The molecule has 144 valence electrons. The van der Waals surface area contributed by atoms with E-state index in [0.717, 1.165) is 23.1 Å². The van der Waals surface area contributed by atoms with Gasteiger partial charge >= 0.3 is 5.63 Å². The van der Waals surface area contributed by atoms with Gasteiger partial charge in [-0.15, -0.1) is 5.10 Å². The molecule has 2 aromatic heterocycles. The third kappa shape index (κ3) is 3.20. The monoisotopic (exact) mass is 386 g/mol. The molecular formula is C22H18N4O3. The Morgan fingerprint density at radius 3 is 2.72 bits per heavy atom. The molecule has 5 rings (SSSR count). The zero-order valence-corrected chi connectivity index (χ0v) is 15.6. The number of likely N-dealkylation sites (tertiary alicyclic amines) is 1. The molecule has 2 aromatic carbocycles. The van der Waals surface area contributed by atoms with Gasteiger partial charge in [-0.2, -0.15) is 0 Å². The zero-order valence-electron chi connectivity index (χ0n) is 15.6. The Labute approximate surface area is 166 Å². The number of carbonyl (C=O) groups excluding carboxylic acids is 1. The van der Waals surface area contributed by atoms with Gasteiger partial charge in [0.2, 0.25) is 0 Å². The van der Waals surface area contributed by atoms with E-state index >= 15 is 0 Å². The third-order valence-electron chi connectivity index (χ3n) is 5.28. The van der Waals surface area contributed by atoms with Crippen molar-refractivity contribution >= 4 is 16.9 Å². The topological polar surface area (TPSA) is 81.2 Å². The summed E-state index contributed by atoms with van der Waals surface area (Å²) in [5, 5.41) is 9.23. The van der Waals surface area contributed by atoms with Crippen LogP contribution in [0.3, 0.4) is 0 Å². The predicted molar refractivity (Wildman–Crippen MR) is 107 cm³/mol. The number of benzene rings is 2. The number of hydrogen-bond donors (Lipinski definition) is 0. The van der Waals surface area contributed by atoms with Crippen molar-refractivity contribution < 1.29 is 9.21 Å². The fourth-order valence-corrected chi connectivity index (χ4v) is 3.72. The van der Waals surface area contributed by atoms with Gasteiger partial charge < -0.3 is 9.32 Å². The molecule has 7 nitrogen and oxygen atoms in total. The zero-order chi connectivity index (χ0) is 19.8. The molecule has 29 heavy (non-hydrogen) atoms. The van der Waals surface area contributed by atoms with Gasteiger partial charge in [-0.05, 0) is 18.6 Å². The van der Waals surface area contributed by atoms with E-state index in [1.807, 2.05) is 48.7 Å². The van der Waals surface area contributed by atoms with Crippen LogP contribution in [0.15, 0.2) is 76.1 Å². The van der Waals surface area contributed by atoms with Gasteiger partial charge in [-0.3, -0.25) is 4.79 Å². The summed E-state index contributed by atoms with van der Waals surface area (Å²) in [6.45, 7) is 1.03. The van der Waals surface area contributed by atoms with Crippen LogP contribution in [0.5, 0.6) is 0 Å². The fourth-order valence-electron chi connectivity index (χ4n) is 3.72. The van der Waals surface area contributed by atoms with E-state index in [2.05, 4.69) is 10.3 Å². The molecule has 0 saturated carbocycles. The summed E-state index contributed by atoms with van der Waals surface area (Å²) in [6.07, 6.45) is 2.65. The third-order valence-corrected chi connectivity index (χ3v) is 5.28. The largest absolute Gasteiger partial charge is 0.422 e. The van der Waals surface area contributed by atoms with Crippen LogP contribution in [0.4, 0.5) is 0 Å². The van der Waals surface area contributed by atoms with Crippen molar-refractivity contribution in [2.24, 2.45) is 0 Å². The molecule has 0 spiro atoms. The Kier molecular flexibility index (Phi) is 4.20. The fraction of sp³-hybridized carbons (Fsp3) is 0.182. The quantitative estimate of drug-likeness (QED) is 0.505. The highest BCUT2D eigenvalue weighted by atomic mass is 16.4. The first-order chi connectivity index (χ1) is 14.2. The molecule has 3 heterocycles. The molecule has 0 N–H and O–H groups in total. The lowest BCUT2D eigenvalue weighted by Crippen LogP contribution is -2.32. The molecular weight excluding hydrogens is 368 g/mol. The molecule has 7 heteroatoms. The summed E-state index contributed by atoms with van der Waals surface area (Å²) >= 11 is 0. The molecule has 0 unspecified atom stereocenters. The van der Waals surface area contributed by atoms with Crippen LogP contribution in [-0.4, -0.2) is 38.9 Å². The Balaban J connectivity index is 1.36. The minimum Gasteiger partial charge on any atom is -0.422 e. The van der Waals surface area contributed by atoms with Crippen LogP contribution in [-0.2, 0) is 0 Å². The van der Waals surface area contributed by atoms with Crippen LogP contribution in [0, 0.1) is 0 Å². The summed E-state index contributed by atoms with van der Waals surface area (Å²) in [4.78, 5) is 26.9. The highest BCUT2D eigenvalue weighted by molar-refractivity contribution is 5.96. The lowest BCUT2D eigenvalue weighted by molar-refractivity contribution is 0.0783. The average Bonchev–Trinajstić information content (AvgIpc) is 3.43. The van der Waals surface area contributed by atoms with E-state index in [1.165, 1.54) is 0 Å². The molecule has 0 bridgehead atoms. The van der Waals surface area contributed by atoms with E-state index < -0.39 is 5.63 Å². The van der Waals surface area contributed by atoms with E-state index in [4.69, 9.17) is 4.42 Å². The molecule has 1 aliphatic rings. The van der Waals surface area contributed by atoms with E-state index in [-0.39, 0.29) is 17.5 Å². The van der Waals surface area contributed by atoms with Gasteiger partial charge in [0, 0.05) is 24.0 Å². The summed E-state index contributed by atoms with van der Waals surface area (Å²) in [5.41, 5.74) is 1.73. The molecule has 0 aliphatic carbocycles. The number of aromatic nitrogens is 3. The van der Waals surface area contributed by atoms with Crippen molar-refractivity contribution in [3.8, 4) is 11.3 Å². The van der Waals surface area contributed by atoms with Crippen molar-refractivity contribution in [2.75, 3.05) is 13.1 Å². The molecule has 1 fully saturated rings. The first-order valence-corrected chi connectivity index (χ1v) is 9.48. The van der Waals surface area contributed by atoms with Crippen molar-refractivity contribution in [2.45, 2.75) is 12.5 Å². The van der Waals surface area contributed by atoms with Crippen LogP contribution in [0.25, 0.3) is 22.2 Å². The standard InChI is InChI=1S/C22H18N4O3/c27-21(18-12-16-8-4-5-9-20(16)29-22(18)28)25-11-10-17(13-25)26-14-19(23-24-26)15-6-2-1-3-7-15/h1-9,12,14,17H,10-11,13H2/t17-/m1/s1. The highest BCUT2D eigenvalue weighted by Crippen LogP contribution is 2.25. The Morgan fingerprint density at radius 2 is 1.86 bits per heavy atom. The lowest BCUT2D eigenvalue weighted by Gasteiger charge is -2.16. The summed E-state index contributed by atoms with van der Waals surface area (Å²) in [7, 11) is 0. The molecule has 0 radical (unpaired) electrons. The second kappa shape index (κ2) is 7.01. The van der Waals surface area contributed by atoms with E-state index in [9.17, 15) is 9.59 Å². The Hall–Kier alpha value is -3.74. The second-order valence-electron chi connectivity index (χ2n) is 7.13. The molecule has 1 atom stereocenters. The van der Waals surface area contributed by atoms with Crippen LogP contribution in [0.2, 0.25) is 0 Å². The summed E-state index contributed by atoms with van der Waals surface area (Å²) in [6, 6.07) is 18.6. The number of amides is 1. The second-order valence-corrected chi connectivity index (χ2v) is 7.13. The average molecular weight is 386 g/mol. The number of nitrogens with zero attached hydrogens (tertiary/aromatic N) is 4. The summed E-state index contributed by atoms with van der Waals surface area (Å²) in [5.74, 6) is -0.310. The minimum atomic E-state index is -0.607. The van der Waals surface area contributed by atoms with Gasteiger partial charge in [0.1, 0.15) is 16.8 Å². The number of rotatable bonds is 3. The maximum atomic E-state index is 12.9. The lowest BCUT2D eigenvalue weighted by atomic mass is 10.1. The van der Waals surface area contributed by atoms with Crippen molar-refractivity contribution in [1.82, 2.24) is 19.9 Å². The van der Waals surface area contributed by atoms with Gasteiger partial charge in [0.25, 0.3) is 5.91 Å². The molecule has 4 aromatic rings. The van der Waals surface area contributed by atoms with Gasteiger partial charge in [-0.1, -0.05) is 53.7 Å². The number of fused-ring (bicyclic) bond motifs is 1. The number of para-hydroxylation sites is 1. The molecule has 1 amide bonds. The molecule has 1 aliphatic heterocycles. The normalized spacial score (nSPS) is 16.4. The van der Waals surface area contributed by atoms with E-state index in [0.29, 0.717) is 18.7 Å². The smallest absolute Gasteiger partial charge is 0.349 e. The van der Waals surface area contributed by atoms with Crippen molar-refractivity contribution in [3.63, 3.8) is 0 Å². The maximum absolute atomic E-state index is 12.9. The van der Waals surface area contributed by atoms with Gasteiger partial charge in [0.15, 0.2) is 0 Å².